The number of amides is 2. The lowest BCUT2D eigenvalue weighted by atomic mass is 10.1. The van der Waals surface area contributed by atoms with Crippen LogP contribution in [0.5, 0.6) is 11.5 Å². The molecule has 0 aliphatic carbocycles. The van der Waals surface area contributed by atoms with Crippen molar-refractivity contribution in [1.29, 1.82) is 0 Å². The largest absolute Gasteiger partial charge is 0.493 e. The van der Waals surface area contributed by atoms with Gasteiger partial charge >= 0.3 is 0 Å². The molecule has 6 nitrogen and oxygen atoms in total. The van der Waals surface area contributed by atoms with Crippen LogP contribution >= 0.6 is 34.8 Å². The molecule has 1 fully saturated rings. The fourth-order valence-corrected chi connectivity index (χ4v) is 3.26. The van der Waals surface area contributed by atoms with Crippen LogP contribution in [-0.2, 0) is 9.59 Å². The average Bonchev–Trinajstić information content (AvgIpc) is 2.60. The Bertz CT molecular complexity index is 857. The monoisotopic (exact) mass is 482 g/mol. The van der Waals surface area contributed by atoms with E-state index in [1.165, 1.54) is 24.2 Å². The molecule has 0 saturated carbocycles. The van der Waals surface area contributed by atoms with Gasteiger partial charge < -0.3 is 9.47 Å². The molecule has 2 rings (SSSR count). The topological polar surface area (TPSA) is 67.9 Å². The third-order valence-electron chi connectivity index (χ3n) is 3.36. The number of hydrogen-bond acceptors (Lipinski definition) is 5. The molecule has 0 bridgehead atoms. The number of carbonyl (C=O) groups is 2. The standard InChI is InChI=1S/C18H15IN2O4S/c1-4-6-21-17(23)12(16(22)20-18(21)26)8-11-9-13(19)15(25-7-5-2)14(10-11)24-3/h2,4,8-10H,1,6-7H2,3H3,(H,20,22,26)/b12-8+. The van der Waals surface area contributed by atoms with Crippen molar-refractivity contribution in [2.75, 3.05) is 20.3 Å². The Morgan fingerprint density at radius 1 is 1.46 bits per heavy atom. The Labute approximate surface area is 170 Å². The summed E-state index contributed by atoms with van der Waals surface area (Å²) >= 11 is 7.09. The van der Waals surface area contributed by atoms with Gasteiger partial charge in [0.2, 0.25) is 0 Å². The van der Waals surface area contributed by atoms with E-state index in [2.05, 4.69) is 40.4 Å². The van der Waals surface area contributed by atoms with Crippen molar-refractivity contribution in [2.24, 2.45) is 0 Å². The maximum Gasteiger partial charge on any atom is 0.265 e. The Kier molecular flexibility index (Phi) is 6.76. The lowest BCUT2D eigenvalue weighted by Gasteiger charge is -2.27. The third kappa shape index (κ3) is 4.23. The molecule has 1 heterocycles. The molecule has 134 valence electrons. The molecule has 0 aromatic heterocycles. The zero-order valence-electron chi connectivity index (χ0n) is 13.9. The van der Waals surface area contributed by atoms with Crippen LogP contribution in [0.25, 0.3) is 6.08 Å². The van der Waals surface area contributed by atoms with Crippen LogP contribution in [0.15, 0.2) is 30.4 Å². The van der Waals surface area contributed by atoms with Gasteiger partial charge in [0.15, 0.2) is 16.6 Å². The van der Waals surface area contributed by atoms with Crippen molar-refractivity contribution in [3.05, 3.63) is 39.5 Å². The van der Waals surface area contributed by atoms with Crippen molar-refractivity contribution < 1.29 is 19.1 Å². The van der Waals surface area contributed by atoms with Crippen LogP contribution in [0.2, 0.25) is 0 Å². The molecule has 2 amide bonds. The van der Waals surface area contributed by atoms with Gasteiger partial charge in [-0.1, -0.05) is 12.0 Å². The normalized spacial score (nSPS) is 15.5. The number of nitrogens with one attached hydrogen (secondary N) is 1. The molecule has 0 spiro atoms. The highest BCUT2D eigenvalue weighted by Crippen LogP contribution is 2.34. The Morgan fingerprint density at radius 2 is 2.19 bits per heavy atom. The highest BCUT2D eigenvalue weighted by molar-refractivity contribution is 14.1. The molecule has 1 aromatic rings. The quantitative estimate of drug-likeness (QED) is 0.168. The summed E-state index contributed by atoms with van der Waals surface area (Å²) in [7, 11) is 1.49. The van der Waals surface area contributed by atoms with Crippen LogP contribution in [-0.4, -0.2) is 42.1 Å². The summed E-state index contributed by atoms with van der Waals surface area (Å²) in [4.78, 5) is 26.0. The maximum atomic E-state index is 12.6. The number of rotatable bonds is 6. The molecule has 1 aromatic carbocycles. The third-order valence-corrected chi connectivity index (χ3v) is 4.48. The highest BCUT2D eigenvalue weighted by Gasteiger charge is 2.32. The van der Waals surface area contributed by atoms with Crippen LogP contribution in [0.3, 0.4) is 0 Å². The molecular formula is C18H15IN2O4S. The second-order valence-corrected chi connectivity index (χ2v) is 6.60. The Balaban J connectivity index is 2.44. The number of terminal acetylenes is 1. The van der Waals surface area contributed by atoms with Crippen molar-refractivity contribution in [2.45, 2.75) is 0 Å². The summed E-state index contributed by atoms with van der Waals surface area (Å²) < 4.78 is 11.5. The summed E-state index contributed by atoms with van der Waals surface area (Å²) in [6.07, 6.45) is 8.23. The predicted octanol–water partition coefficient (Wildman–Crippen LogP) is 2.12. The smallest absolute Gasteiger partial charge is 0.265 e. The van der Waals surface area contributed by atoms with E-state index in [-0.39, 0.29) is 23.8 Å². The van der Waals surface area contributed by atoms with Crippen LogP contribution in [0.1, 0.15) is 5.56 Å². The number of benzene rings is 1. The van der Waals surface area contributed by atoms with Gasteiger partial charge in [0.1, 0.15) is 12.2 Å². The lowest BCUT2D eigenvalue weighted by molar-refractivity contribution is -0.128. The van der Waals surface area contributed by atoms with Crippen molar-refractivity contribution >= 4 is 57.8 Å². The van der Waals surface area contributed by atoms with E-state index in [1.54, 1.807) is 12.1 Å². The molecule has 1 saturated heterocycles. The molecule has 0 atom stereocenters. The summed E-state index contributed by atoms with van der Waals surface area (Å²) in [5.41, 5.74) is 0.569. The molecule has 1 aliphatic rings. The SMILES string of the molecule is C#CCOc1c(I)cc(/C=C2\C(=O)NC(=S)N(CC=C)C2=O)cc1OC. The number of methoxy groups -OCH3 is 1. The molecule has 1 N–H and O–H groups in total. The van der Waals surface area contributed by atoms with E-state index >= 15 is 0 Å². The minimum Gasteiger partial charge on any atom is -0.493 e. The predicted molar refractivity (Wildman–Crippen MR) is 111 cm³/mol. The van der Waals surface area contributed by atoms with Crippen molar-refractivity contribution in [3.8, 4) is 23.8 Å². The van der Waals surface area contributed by atoms with Crippen LogP contribution < -0.4 is 14.8 Å². The zero-order chi connectivity index (χ0) is 19.3. The second-order valence-electron chi connectivity index (χ2n) is 5.05. The van der Waals surface area contributed by atoms with E-state index in [1.807, 2.05) is 0 Å². The highest BCUT2D eigenvalue weighted by atomic mass is 127. The first-order valence-corrected chi connectivity index (χ1v) is 8.85. The number of nitrogens with zero attached hydrogens (tertiary/aromatic N) is 1. The number of ether oxygens (including phenoxy) is 2. The minimum absolute atomic E-state index is 0.0319. The number of thiocarbonyl (C=S) groups is 1. The fraction of sp³-hybridized carbons (Fsp3) is 0.167. The summed E-state index contributed by atoms with van der Waals surface area (Å²) in [5, 5.41) is 2.56. The summed E-state index contributed by atoms with van der Waals surface area (Å²) in [5.74, 6) is 2.30. The van der Waals surface area contributed by atoms with Gasteiger partial charge in [-0.2, -0.15) is 0 Å². The molecular weight excluding hydrogens is 467 g/mol. The molecule has 1 aliphatic heterocycles. The van der Waals surface area contributed by atoms with E-state index < -0.39 is 11.8 Å². The molecule has 8 heteroatoms. The number of hydrogen-bond donors (Lipinski definition) is 1. The lowest BCUT2D eigenvalue weighted by Crippen LogP contribution is -2.53. The van der Waals surface area contributed by atoms with Crippen LogP contribution in [0, 0.1) is 15.9 Å². The first kappa shape index (κ1) is 19.9. The van der Waals surface area contributed by atoms with Crippen molar-refractivity contribution in [1.82, 2.24) is 10.2 Å². The maximum absolute atomic E-state index is 12.6. The Hall–Kier alpha value is -2.38. The summed E-state index contributed by atoms with van der Waals surface area (Å²) in [6.45, 7) is 3.89. The van der Waals surface area contributed by atoms with Gasteiger partial charge in [0.05, 0.1) is 10.7 Å². The van der Waals surface area contributed by atoms with Crippen LogP contribution in [0.4, 0.5) is 0 Å². The van der Waals surface area contributed by atoms with Gasteiger partial charge in [-0.25, -0.2) is 0 Å². The first-order valence-electron chi connectivity index (χ1n) is 7.36. The molecule has 0 unspecified atom stereocenters. The van der Waals surface area contributed by atoms with Gasteiger partial charge in [0.25, 0.3) is 11.8 Å². The van der Waals surface area contributed by atoms with E-state index in [0.717, 1.165) is 3.57 Å². The van der Waals surface area contributed by atoms with E-state index in [4.69, 9.17) is 28.1 Å². The van der Waals surface area contributed by atoms with Gasteiger partial charge in [-0.05, 0) is 58.6 Å². The summed E-state index contributed by atoms with van der Waals surface area (Å²) in [6, 6.07) is 3.42. The molecule has 26 heavy (non-hydrogen) atoms. The molecule has 0 radical (unpaired) electrons. The average molecular weight is 482 g/mol. The van der Waals surface area contributed by atoms with Gasteiger partial charge in [-0.15, -0.1) is 13.0 Å². The number of carbonyl (C=O) groups excluding carboxylic acids is 2. The fourth-order valence-electron chi connectivity index (χ4n) is 2.23. The van der Waals surface area contributed by atoms with Gasteiger partial charge in [0, 0.05) is 6.54 Å². The zero-order valence-corrected chi connectivity index (χ0v) is 16.8. The van der Waals surface area contributed by atoms with Crippen molar-refractivity contribution in [3.63, 3.8) is 0 Å². The minimum atomic E-state index is -0.554. The Morgan fingerprint density at radius 3 is 2.81 bits per heavy atom. The second kappa shape index (κ2) is 8.82. The van der Waals surface area contributed by atoms with E-state index in [0.29, 0.717) is 17.1 Å². The van der Waals surface area contributed by atoms with E-state index in [9.17, 15) is 9.59 Å². The first-order chi connectivity index (χ1) is 12.4. The number of halogens is 1. The van der Waals surface area contributed by atoms with Gasteiger partial charge in [-0.3, -0.25) is 19.8 Å².